The van der Waals surface area contributed by atoms with E-state index in [4.69, 9.17) is 9.47 Å². The molecule has 0 saturated heterocycles. The fourth-order valence-corrected chi connectivity index (χ4v) is 2.59. The van der Waals surface area contributed by atoms with Gasteiger partial charge in [-0.1, -0.05) is 48.5 Å². The topological polar surface area (TPSA) is 80.2 Å². The summed E-state index contributed by atoms with van der Waals surface area (Å²) in [5.74, 6) is 0.593. The van der Waals surface area contributed by atoms with Crippen LogP contribution in [0, 0.1) is 0 Å². The normalized spacial score (nSPS) is 10.6. The minimum Gasteiger partial charge on any atom is -0.504 e. The number of amides is 1. The highest BCUT2D eigenvalue weighted by atomic mass is 16.5. The van der Waals surface area contributed by atoms with Gasteiger partial charge in [0.25, 0.3) is 5.91 Å². The molecule has 0 atom stereocenters. The predicted octanol–water partition coefficient (Wildman–Crippen LogP) is 3.60. The maximum absolute atomic E-state index is 12.0. The molecule has 0 radical (unpaired) electrons. The molecule has 3 aromatic rings. The Morgan fingerprint density at radius 1 is 1.04 bits per heavy atom. The number of rotatable bonds is 7. The van der Waals surface area contributed by atoms with Crippen LogP contribution in [0.1, 0.15) is 5.56 Å². The molecule has 0 spiro atoms. The molecule has 0 saturated carbocycles. The summed E-state index contributed by atoms with van der Waals surface area (Å²) < 4.78 is 10.6. The number of phenolic OH excluding ortho intramolecular Hbond substituents is 1. The summed E-state index contributed by atoms with van der Waals surface area (Å²) >= 11 is 0. The molecule has 0 aromatic heterocycles. The SMILES string of the molecule is COc1ccc(C=NNC(=O)COc2ccccc2-c2ccccc2)cc1O. The summed E-state index contributed by atoms with van der Waals surface area (Å²) in [6.07, 6.45) is 1.43. The maximum Gasteiger partial charge on any atom is 0.277 e. The summed E-state index contributed by atoms with van der Waals surface area (Å²) in [5, 5.41) is 13.6. The van der Waals surface area contributed by atoms with E-state index in [9.17, 15) is 9.90 Å². The molecule has 6 nitrogen and oxygen atoms in total. The summed E-state index contributed by atoms with van der Waals surface area (Å²) in [5.41, 5.74) is 4.94. The largest absolute Gasteiger partial charge is 0.504 e. The van der Waals surface area contributed by atoms with Crippen molar-refractivity contribution in [3.63, 3.8) is 0 Å². The van der Waals surface area contributed by atoms with Crippen molar-refractivity contribution in [2.45, 2.75) is 0 Å². The first-order valence-electron chi connectivity index (χ1n) is 8.63. The zero-order chi connectivity index (χ0) is 19.8. The summed E-state index contributed by atoms with van der Waals surface area (Å²) in [6, 6.07) is 22.2. The van der Waals surface area contributed by atoms with Gasteiger partial charge < -0.3 is 14.6 Å². The van der Waals surface area contributed by atoms with E-state index in [1.54, 1.807) is 12.1 Å². The molecule has 0 heterocycles. The van der Waals surface area contributed by atoms with Crippen LogP contribution in [0.4, 0.5) is 0 Å². The number of hydrogen-bond acceptors (Lipinski definition) is 5. The number of carbonyl (C=O) groups excluding carboxylic acids is 1. The van der Waals surface area contributed by atoms with Gasteiger partial charge in [-0.2, -0.15) is 5.10 Å². The van der Waals surface area contributed by atoms with Crippen molar-refractivity contribution in [2.75, 3.05) is 13.7 Å². The summed E-state index contributed by atoms with van der Waals surface area (Å²) in [7, 11) is 1.47. The predicted molar refractivity (Wildman–Crippen MR) is 108 cm³/mol. The van der Waals surface area contributed by atoms with Gasteiger partial charge in [0, 0.05) is 5.56 Å². The van der Waals surface area contributed by atoms with E-state index >= 15 is 0 Å². The first-order chi connectivity index (χ1) is 13.7. The van der Waals surface area contributed by atoms with Gasteiger partial charge in [-0.05, 0) is 35.4 Å². The molecular weight excluding hydrogens is 356 g/mol. The van der Waals surface area contributed by atoms with Crippen molar-refractivity contribution in [1.82, 2.24) is 5.43 Å². The van der Waals surface area contributed by atoms with Crippen molar-refractivity contribution >= 4 is 12.1 Å². The lowest BCUT2D eigenvalue weighted by Gasteiger charge is -2.10. The van der Waals surface area contributed by atoms with Crippen molar-refractivity contribution in [3.8, 4) is 28.4 Å². The number of aromatic hydroxyl groups is 1. The van der Waals surface area contributed by atoms with Crippen molar-refractivity contribution in [3.05, 3.63) is 78.4 Å². The fraction of sp³-hybridized carbons (Fsp3) is 0.0909. The van der Waals surface area contributed by atoms with Crippen LogP contribution in [0.2, 0.25) is 0 Å². The van der Waals surface area contributed by atoms with Crippen molar-refractivity contribution < 1.29 is 19.4 Å². The van der Waals surface area contributed by atoms with Crippen LogP contribution < -0.4 is 14.9 Å². The molecule has 28 heavy (non-hydrogen) atoms. The monoisotopic (exact) mass is 376 g/mol. The van der Waals surface area contributed by atoms with Gasteiger partial charge in [0.2, 0.25) is 0 Å². The zero-order valence-electron chi connectivity index (χ0n) is 15.3. The van der Waals surface area contributed by atoms with Crippen molar-refractivity contribution in [2.24, 2.45) is 5.10 Å². The molecule has 2 N–H and O–H groups in total. The van der Waals surface area contributed by atoms with Crippen LogP contribution in [0.15, 0.2) is 77.9 Å². The van der Waals surface area contributed by atoms with Gasteiger partial charge in [-0.15, -0.1) is 0 Å². The Bertz CT molecular complexity index is 971. The van der Waals surface area contributed by atoms with Crippen LogP contribution in [0.3, 0.4) is 0 Å². The van der Waals surface area contributed by atoms with E-state index in [1.807, 2.05) is 54.6 Å². The lowest BCUT2D eigenvalue weighted by Crippen LogP contribution is -2.24. The highest BCUT2D eigenvalue weighted by Gasteiger charge is 2.08. The van der Waals surface area contributed by atoms with Crippen LogP contribution in [0.5, 0.6) is 17.2 Å². The second-order valence-corrected chi connectivity index (χ2v) is 5.88. The zero-order valence-corrected chi connectivity index (χ0v) is 15.3. The molecule has 0 fully saturated rings. The molecule has 0 aliphatic rings. The van der Waals surface area contributed by atoms with E-state index in [0.29, 0.717) is 17.1 Å². The van der Waals surface area contributed by atoms with Gasteiger partial charge in [-0.25, -0.2) is 5.43 Å². The van der Waals surface area contributed by atoms with Gasteiger partial charge in [0.1, 0.15) is 5.75 Å². The Labute approximate surface area is 163 Å². The van der Waals surface area contributed by atoms with E-state index in [2.05, 4.69) is 10.5 Å². The molecule has 142 valence electrons. The molecule has 3 aromatic carbocycles. The molecule has 1 amide bonds. The standard InChI is InChI=1S/C22H20N2O4/c1-27-21-12-11-16(13-19(21)25)14-23-24-22(26)15-28-20-10-6-5-9-18(20)17-7-3-2-4-8-17/h2-14,25H,15H2,1H3,(H,24,26). The average Bonchev–Trinajstić information content (AvgIpc) is 2.73. The summed E-state index contributed by atoms with van der Waals surface area (Å²) in [4.78, 5) is 12.0. The Kier molecular flexibility index (Phi) is 6.25. The van der Waals surface area contributed by atoms with E-state index in [-0.39, 0.29) is 12.4 Å². The molecule has 0 bridgehead atoms. The Balaban J connectivity index is 1.57. The number of nitrogens with one attached hydrogen (secondary N) is 1. The third-order valence-corrected chi connectivity index (χ3v) is 3.94. The van der Waals surface area contributed by atoms with Gasteiger partial charge in [-0.3, -0.25) is 4.79 Å². The molecular formula is C22H20N2O4. The second kappa shape index (κ2) is 9.23. The number of hydrogen-bond donors (Lipinski definition) is 2. The number of benzene rings is 3. The van der Waals surface area contributed by atoms with Gasteiger partial charge in [0.05, 0.1) is 13.3 Å². The van der Waals surface area contributed by atoms with Gasteiger partial charge >= 0.3 is 0 Å². The fourth-order valence-electron chi connectivity index (χ4n) is 2.59. The number of para-hydroxylation sites is 1. The highest BCUT2D eigenvalue weighted by molar-refractivity contribution is 5.83. The second-order valence-electron chi connectivity index (χ2n) is 5.88. The quantitative estimate of drug-likeness (QED) is 0.488. The molecule has 0 aliphatic heterocycles. The summed E-state index contributed by atoms with van der Waals surface area (Å²) in [6.45, 7) is -0.172. The molecule has 0 unspecified atom stereocenters. The minimum atomic E-state index is -0.392. The highest BCUT2D eigenvalue weighted by Crippen LogP contribution is 2.29. The molecule has 3 rings (SSSR count). The van der Waals surface area contributed by atoms with Crippen LogP contribution in [-0.2, 0) is 4.79 Å². The van der Waals surface area contributed by atoms with Gasteiger partial charge in [0.15, 0.2) is 18.1 Å². The van der Waals surface area contributed by atoms with E-state index in [1.165, 1.54) is 19.4 Å². The Hall–Kier alpha value is -3.80. The number of phenols is 1. The maximum atomic E-state index is 12.0. The first-order valence-corrected chi connectivity index (χ1v) is 8.63. The number of hydrazone groups is 1. The Morgan fingerprint density at radius 3 is 2.54 bits per heavy atom. The third kappa shape index (κ3) is 4.88. The van der Waals surface area contributed by atoms with E-state index in [0.717, 1.165) is 11.1 Å². The van der Waals surface area contributed by atoms with E-state index < -0.39 is 5.91 Å². The number of ether oxygens (including phenoxy) is 2. The molecule has 0 aliphatic carbocycles. The smallest absolute Gasteiger partial charge is 0.277 e. The lowest BCUT2D eigenvalue weighted by atomic mass is 10.1. The molecule has 6 heteroatoms. The Morgan fingerprint density at radius 2 is 1.79 bits per heavy atom. The number of nitrogens with zero attached hydrogens (tertiary/aromatic N) is 1. The van der Waals surface area contributed by atoms with Crippen LogP contribution >= 0.6 is 0 Å². The average molecular weight is 376 g/mol. The number of methoxy groups -OCH3 is 1. The lowest BCUT2D eigenvalue weighted by molar-refractivity contribution is -0.123. The minimum absolute atomic E-state index is 0.00127. The van der Waals surface area contributed by atoms with Crippen LogP contribution in [0.25, 0.3) is 11.1 Å². The van der Waals surface area contributed by atoms with Crippen LogP contribution in [-0.4, -0.2) is 30.9 Å². The first kappa shape index (κ1) is 19.0. The van der Waals surface area contributed by atoms with Crippen molar-refractivity contribution in [1.29, 1.82) is 0 Å². The third-order valence-electron chi connectivity index (χ3n) is 3.94. The number of carbonyl (C=O) groups is 1.